The predicted octanol–water partition coefficient (Wildman–Crippen LogP) is 7.10. The standard InChI is InChI=1S/C36H41N3O3/c1-25(2)28-14-15-33(40-3)30(20-28)31-21-32(36(37)39-29-16-18-38-19-17-29)35(42-24-27-12-8-5-9-13-27)22-34(31)41-23-26-10-6-4-7-11-26/h4-15,20-22,25,29,38H,16-19,23-24H2,1-3H3,(H2,37,39). The molecule has 1 saturated heterocycles. The van der Waals surface area contributed by atoms with Gasteiger partial charge in [0.05, 0.1) is 18.7 Å². The summed E-state index contributed by atoms with van der Waals surface area (Å²) in [5.74, 6) is 2.92. The van der Waals surface area contributed by atoms with E-state index in [1.807, 2.05) is 48.5 Å². The molecular formula is C36H41N3O3. The quantitative estimate of drug-likeness (QED) is 0.150. The largest absolute Gasteiger partial charge is 0.496 e. The van der Waals surface area contributed by atoms with Crippen LogP contribution < -0.4 is 25.3 Å². The fourth-order valence-electron chi connectivity index (χ4n) is 5.18. The minimum atomic E-state index is 0.171. The van der Waals surface area contributed by atoms with Crippen LogP contribution in [0.2, 0.25) is 0 Å². The van der Waals surface area contributed by atoms with Crippen LogP contribution in [0.4, 0.5) is 0 Å². The molecule has 4 aromatic carbocycles. The Kier molecular flexibility index (Phi) is 9.78. The van der Waals surface area contributed by atoms with Crippen LogP contribution in [0.1, 0.15) is 54.9 Å². The monoisotopic (exact) mass is 563 g/mol. The van der Waals surface area contributed by atoms with Gasteiger partial charge in [0.2, 0.25) is 0 Å². The van der Waals surface area contributed by atoms with Gasteiger partial charge in [-0.3, -0.25) is 4.99 Å². The van der Waals surface area contributed by atoms with Crippen LogP contribution in [0.25, 0.3) is 11.1 Å². The molecule has 3 N–H and O–H groups in total. The van der Waals surface area contributed by atoms with E-state index in [1.165, 1.54) is 5.56 Å². The highest BCUT2D eigenvalue weighted by Crippen LogP contribution is 2.42. The van der Waals surface area contributed by atoms with Gasteiger partial charge in [0.1, 0.15) is 36.3 Å². The highest BCUT2D eigenvalue weighted by molar-refractivity contribution is 6.02. The molecule has 4 aromatic rings. The number of nitrogens with two attached hydrogens (primary N) is 1. The SMILES string of the molecule is COc1ccc(C(C)C)cc1-c1cc(C(N)=NC2CCNCC2)c(OCc2ccccc2)cc1OCc1ccccc1. The Morgan fingerprint density at radius 1 is 0.786 bits per heavy atom. The summed E-state index contributed by atoms with van der Waals surface area (Å²) in [5, 5.41) is 3.40. The zero-order chi connectivity index (χ0) is 29.3. The predicted molar refractivity (Wildman–Crippen MR) is 171 cm³/mol. The van der Waals surface area contributed by atoms with E-state index >= 15 is 0 Å². The second-order valence-corrected chi connectivity index (χ2v) is 11.0. The van der Waals surface area contributed by atoms with Crippen molar-refractivity contribution in [1.82, 2.24) is 5.32 Å². The number of benzene rings is 4. The van der Waals surface area contributed by atoms with E-state index in [-0.39, 0.29) is 6.04 Å². The van der Waals surface area contributed by atoms with Gasteiger partial charge in [0.25, 0.3) is 0 Å². The molecule has 0 aliphatic carbocycles. The van der Waals surface area contributed by atoms with Gasteiger partial charge >= 0.3 is 0 Å². The summed E-state index contributed by atoms with van der Waals surface area (Å²) in [7, 11) is 1.70. The number of hydrogen-bond donors (Lipinski definition) is 2. The van der Waals surface area contributed by atoms with Crippen molar-refractivity contribution in [1.29, 1.82) is 0 Å². The second-order valence-electron chi connectivity index (χ2n) is 11.0. The molecule has 0 atom stereocenters. The van der Waals surface area contributed by atoms with Crippen molar-refractivity contribution in [2.75, 3.05) is 20.2 Å². The van der Waals surface area contributed by atoms with Gasteiger partial charge in [-0.05, 0) is 66.7 Å². The number of hydrogen-bond acceptors (Lipinski definition) is 5. The topological polar surface area (TPSA) is 78.1 Å². The van der Waals surface area contributed by atoms with Gasteiger partial charge < -0.3 is 25.3 Å². The van der Waals surface area contributed by atoms with E-state index in [2.05, 4.69) is 61.6 Å². The molecular weight excluding hydrogens is 522 g/mol. The zero-order valence-electron chi connectivity index (χ0n) is 24.8. The van der Waals surface area contributed by atoms with Crippen molar-refractivity contribution in [2.24, 2.45) is 10.7 Å². The van der Waals surface area contributed by atoms with Crippen LogP contribution in [0, 0.1) is 0 Å². The van der Waals surface area contributed by atoms with Gasteiger partial charge in [0.15, 0.2) is 0 Å². The maximum atomic E-state index is 6.78. The first-order valence-electron chi connectivity index (χ1n) is 14.8. The summed E-state index contributed by atoms with van der Waals surface area (Å²) < 4.78 is 18.8. The van der Waals surface area contributed by atoms with Crippen molar-refractivity contribution >= 4 is 5.84 Å². The van der Waals surface area contributed by atoms with Crippen molar-refractivity contribution < 1.29 is 14.2 Å². The fourth-order valence-corrected chi connectivity index (χ4v) is 5.18. The average Bonchev–Trinajstić information content (AvgIpc) is 3.03. The van der Waals surface area contributed by atoms with Gasteiger partial charge in [-0.2, -0.15) is 0 Å². The lowest BCUT2D eigenvalue weighted by Gasteiger charge is -2.22. The Bertz CT molecular complexity index is 1480. The maximum absolute atomic E-state index is 6.78. The van der Waals surface area contributed by atoms with Crippen LogP contribution in [0.15, 0.2) is 96.0 Å². The van der Waals surface area contributed by atoms with E-state index in [9.17, 15) is 0 Å². The summed E-state index contributed by atoms with van der Waals surface area (Å²) in [6.45, 7) is 7.07. The lowest BCUT2D eigenvalue weighted by atomic mass is 9.94. The molecule has 0 radical (unpaired) electrons. The number of piperidine rings is 1. The van der Waals surface area contributed by atoms with Crippen LogP contribution in [-0.4, -0.2) is 32.1 Å². The van der Waals surface area contributed by atoms with E-state index in [0.717, 1.165) is 59.5 Å². The summed E-state index contributed by atoms with van der Waals surface area (Å²) >= 11 is 0. The molecule has 0 saturated carbocycles. The van der Waals surface area contributed by atoms with Crippen molar-refractivity contribution in [3.8, 4) is 28.4 Å². The number of rotatable bonds is 11. The van der Waals surface area contributed by atoms with E-state index < -0.39 is 0 Å². The van der Waals surface area contributed by atoms with Gasteiger partial charge in [0, 0.05) is 17.2 Å². The molecule has 218 valence electrons. The molecule has 1 heterocycles. The molecule has 0 unspecified atom stereocenters. The second kappa shape index (κ2) is 14.1. The Morgan fingerprint density at radius 3 is 1.98 bits per heavy atom. The van der Waals surface area contributed by atoms with Crippen molar-refractivity contribution in [2.45, 2.75) is 51.9 Å². The third-order valence-electron chi connectivity index (χ3n) is 7.64. The minimum absolute atomic E-state index is 0.171. The molecule has 1 fully saturated rings. The maximum Gasteiger partial charge on any atom is 0.134 e. The van der Waals surface area contributed by atoms with E-state index in [1.54, 1.807) is 7.11 Å². The fraction of sp³-hybridized carbons (Fsp3) is 0.306. The first kappa shape index (κ1) is 29.2. The Balaban J connectivity index is 1.63. The minimum Gasteiger partial charge on any atom is -0.496 e. The number of ether oxygens (including phenoxy) is 3. The molecule has 0 amide bonds. The molecule has 5 rings (SSSR count). The van der Waals surface area contributed by atoms with Crippen LogP contribution in [0.3, 0.4) is 0 Å². The molecule has 0 spiro atoms. The molecule has 0 aromatic heterocycles. The van der Waals surface area contributed by atoms with Crippen molar-refractivity contribution in [3.05, 3.63) is 113 Å². The van der Waals surface area contributed by atoms with E-state index in [4.69, 9.17) is 24.9 Å². The summed E-state index contributed by atoms with van der Waals surface area (Å²) in [6, 6.07) is 30.8. The molecule has 6 heteroatoms. The van der Waals surface area contributed by atoms with E-state index in [0.29, 0.717) is 36.5 Å². The molecule has 1 aliphatic rings. The van der Waals surface area contributed by atoms with Crippen LogP contribution in [0.5, 0.6) is 17.2 Å². The highest BCUT2D eigenvalue weighted by Gasteiger charge is 2.21. The van der Waals surface area contributed by atoms with Gasteiger partial charge in [-0.25, -0.2) is 0 Å². The Morgan fingerprint density at radius 2 is 1.38 bits per heavy atom. The number of aliphatic imine (C=N–C) groups is 1. The third-order valence-corrected chi connectivity index (χ3v) is 7.64. The molecule has 1 aliphatic heterocycles. The Hall–Kier alpha value is -4.29. The Labute approximate surface area is 249 Å². The van der Waals surface area contributed by atoms with Crippen molar-refractivity contribution in [3.63, 3.8) is 0 Å². The summed E-state index contributed by atoms with van der Waals surface area (Å²) in [6.07, 6.45) is 1.91. The lowest BCUT2D eigenvalue weighted by Crippen LogP contribution is -2.31. The number of amidine groups is 1. The third kappa shape index (κ3) is 7.31. The number of nitrogens with zero attached hydrogens (tertiary/aromatic N) is 1. The van der Waals surface area contributed by atoms with Gasteiger partial charge in [-0.1, -0.05) is 80.6 Å². The number of nitrogens with one attached hydrogen (secondary N) is 1. The smallest absolute Gasteiger partial charge is 0.134 e. The highest BCUT2D eigenvalue weighted by atomic mass is 16.5. The lowest BCUT2D eigenvalue weighted by molar-refractivity contribution is 0.290. The molecule has 42 heavy (non-hydrogen) atoms. The summed E-state index contributed by atoms with van der Waals surface area (Å²) in [4.78, 5) is 4.97. The number of methoxy groups -OCH3 is 1. The van der Waals surface area contributed by atoms with Crippen LogP contribution >= 0.6 is 0 Å². The first-order valence-corrected chi connectivity index (χ1v) is 14.8. The van der Waals surface area contributed by atoms with Crippen LogP contribution in [-0.2, 0) is 13.2 Å². The zero-order valence-corrected chi connectivity index (χ0v) is 24.8. The van der Waals surface area contributed by atoms with Gasteiger partial charge in [-0.15, -0.1) is 0 Å². The summed E-state index contributed by atoms with van der Waals surface area (Å²) in [5.41, 5.74) is 12.7. The average molecular weight is 564 g/mol. The first-order chi connectivity index (χ1) is 20.5. The normalized spacial score (nSPS) is 14.1. The molecule has 6 nitrogen and oxygen atoms in total. The molecule has 0 bridgehead atoms.